The maximum Gasteiger partial charge on any atom is 0.586 e. The van der Waals surface area contributed by atoms with E-state index in [-0.39, 0.29) is 39.9 Å². The summed E-state index contributed by atoms with van der Waals surface area (Å²) in [7, 11) is 1.41. The van der Waals surface area contributed by atoms with Gasteiger partial charge in [-0.1, -0.05) is 17.7 Å². The Balaban J connectivity index is 1.65. The number of alkyl halides is 4. The molecule has 32 heavy (non-hydrogen) atoms. The van der Waals surface area contributed by atoms with Gasteiger partial charge in [0.15, 0.2) is 17.8 Å². The van der Waals surface area contributed by atoms with Crippen LogP contribution in [0.5, 0.6) is 11.5 Å². The van der Waals surface area contributed by atoms with Gasteiger partial charge < -0.3 is 14.4 Å². The maximum atomic E-state index is 13.2. The molecule has 0 saturated heterocycles. The Morgan fingerprint density at radius 2 is 1.91 bits per heavy atom. The first kappa shape index (κ1) is 21.6. The van der Waals surface area contributed by atoms with E-state index in [0.717, 1.165) is 4.68 Å². The van der Waals surface area contributed by atoms with Crippen LogP contribution < -0.4 is 14.4 Å². The van der Waals surface area contributed by atoms with E-state index in [4.69, 9.17) is 11.6 Å². The molecule has 0 N–H and O–H groups in total. The highest BCUT2D eigenvalue weighted by atomic mass is 35.5. The van der Waals surface area contributed by atoms with E-state index in [9.17, 15) is 27.2 Å². The SMILES string of the molecule is CN(C(=O)c1cccc(-n2nc(C(F)F)c(C=O)c2Cl)c1)c1ccc2c(c1)OC(F)(F)O2. The fourth-order valence-electron chi connectivity index (χ4n) is 3.09. The highest BCUT2D eigenvalue weighted by Crippen LogP contribution is 2.42. The van der Waals surface area contributed by atoms with Crippen molar-refractivity contribution in [2.45, 2.75) is 12.7 Å². The Hall–Kier alpha value is -3.60. The largest absolute Gasteiger partial charge is 0.586 e. The highest BCUT2D eigenvalue weighted by molar-refractivity contribution is 6.32. The van der Waals surface area contributed by atoms with Gasteiger partial charge in [-0.25, -0.2) is 13.5 Å². The molecule has 2 aromatic carbocycles. The number of nitrogens with zero attached hydrogens (tertiary/aromatic N) is 3. The molecule has 0 unspecified atom stereocenters. The number of benzene rings is 2. The van der Waals surface area contributed by atoms with Crippen LogP contribution in [0.25, 0.3) is 5.69 Å². The number of carbonyl (C=O) groups excluding carboxylic acids is 2. The number of aromatic nitrogens is 2. The van der Waals surface area contributed by atoms with Crippen LogP contribution in [0.15, 0.2) is 42.5 Å². The number of anilines is 1. The van der Waals surface area contributed by atoms with Gasteiger partial charge in [0.1, 0.15) is 10.8 Å². The molecule has 1 amide bonds. The average molecular weight is 470 g/mol. The van der Waals surface area contributed by atoms with Gasteiger partial charge in [-0.05, 0) is 30.3 Å². The summed E-state index contributed by atoms with van der Waals surface area (Å²) >= 11 is 6.03. The molecular formula is C20H12ClF4N3O4. The lowest BCUT2D eigenvalue weighted by molar-refractivity contribution is -0.286. The standard InChI is InChI=1S/C20H12ClF4N3O4/c1-27(11-5-6-14-15(8-11)32-20(24,25)31-14)19(30)10-3-2-4-12(7-10)28-17(21)13(9-29)16(26-28)18(22)23/h2-9,18H,1H3. The Morgan fingerprint density at radius 3 is 2.56 bits per heavy atom. The van der Waals surface area contributed by atoms with Crippen LogP contribution in [0, 0.1) is 0 Å². The molecule has 166 valence electrons. The topological polar surface area (TPSA) is 73.7 Å². The number of ether oxygens (including phenoxy) is 2. The molecule has 0 fully saturated rings. The van der Waals surface area contributed by atoms with Crippen LogP contribution in [0.4, 0.5) is 23.2 Å². The van der Waals surface area contributed by atoms with Crippen LogP contribution in [0.2, 0.25) is 5.15 Å². The van der Waals surface area contributed by atoms with Crippen molar-refractivity contribution >= 4 is 29.5 Å². The summed E-state index contributed by atoms with van der Waals surface area (Å²) in [4.78, 5) is 25.3. The number of rotatable bonds is 5. The maximum absolute atomic E-state index is 13.2. The highest BCUT2D eigenvalue weighted by Gasteiger charge is 2.43. The molecule has 3 aromatic rings. The quantitative estimate of drug-likeness (QED) is 0.393. The summed E-state index contributed by atoms with van der Waals surface area (Å²) in [6.07, 6.45) is -6.64. The van der Waals surface area contributed by atoms with E-state index >= 15 is 0 Å². The summed E-state index contributed by atoms with van der Waals surface area (Å²) in [6.45, 7) is 0. The third kappa shape index (κ3) is 3.75. The molecule has 2 heterocycles. The minimum absolute atomic E-state index is 0.116. The molecule has 0 spiro atoms. The fourth-order valence-corrected chi connectivity index (χ4v) is 3.37. The number of fused-ring (bicyclic) bond motifs is 1. The summed E-state index contributed by atoms with van der Waals surface area (Å²) in [6, 6.07) is 9.56. The Bertz CT molecular complexity index is 1230. The number of carbonyl (C=O) groups is 2. The van der Waals surface area contributed by atoms with Gasteiger partial charge in [-0.3, -0.25) is 9.59 Å². The minimum Gasteiger partial charge on any atom is -0.395 e. The molecule has 0 bridgehead atoms. The molecular weight excluding hydrogens is 458 g/mol. The van der Waals surface area contributed by atoms with Gasteiger partial charge in [0.05, 0.1) is 11.3 Å². The summed E-state index contributed by atoms with van der Waals surface area (Å²) < 4.78 is 62.4. The molecule has 1 aromatic heterocycles. The van der Waals surface area contributed by atoms with Crippen molar-refractivity contribution in [1.29, 1.82) is 0 Å². The van der Waals surface area contributed by atoms with Crippen molar-refractivity contribution in [2.24, 2.45) is 0 Å². The van der Waals surface area contributed by atoms with Gasteiger partial charge in [-0.15, -0.1) is 8.78 Å². The molecule has 0 atom stereocenters. The van der Waals surface area contributed by atoms with E-state index in [1.54, 1.807) is 0 Å². The molecule has 7 nitrogen and oxygen atoms in total. The molecule has 0 radical (unpaired) electrons. The van der Waals surface area contributed by atoms with Crippen molar-refractivity contribution in [2.75, 3.05) is 11.9 Å². The first-order valence-corrected chi connectivity index (χ1v) is 9.29. The average Bonchev–Trinajstić information content (AvgIpc) is 3.26. The van der Waals surface area contributed by atoms with Crippen molar-refractivity contribution in [3.63, 3.8) is 0 Å². The van der Waals surface area contributed by atoms with Gasteiger partial charge in [-0.2, -0.15) is 5.10 Å². The Morgan fingerprint density at radius 1 is 1.19 bits per heavy atom. The zero-order chi connectivity index (χ0) is 23.2. The molecule has 1 aliphatic heterocycles. The number of amides is 1. The third-order valence-corrected chi connectivity index (χ3v) is 4.99. The summed E-state index contributed by atoms with van der Waals surface area (Å²) in [5.41, 5.74) is -0.718. The second kappa shape index (κ2) is 7.83. The van der Waals surface area contributed by atoms with E-state index in [1.165, 1.54) is 54.4 Å². The minimum atomic E-state index is -3.79. The predicted octanol–water partition coefficient (Wildman–Crippen LogP) is 4.87. The van der Waals surface area contributed by atoms with Crippen molar-refractivity contribution in [3.05, 3.63) is 64.4 Å². The van der Waals surface area contributed by atoms with E-state index in [0.29, 0.717) is 0 Å². The first-order valence-electron chi connectivity index (χ1n) is 8.91. The lowest BCUT2D eigenvalue weighted by Crippen LogP contribution is -2.26. The Labute approximate surface area is 182 Å². The van der Waals surface area contributed by atoms with Crippen LogP contribution >= 0.6 is 11.6 Å². The van der Waals surface area contributed by atoms with Crippen molar-refractivity contribution in [3.8, 4) is 17.2 Å². The van der Waals surface area contributed by atoms with Gasteiger partial charge in [0, 0.05) is 24.4 Å². The molecule has 0 saturated carbocycles. The van der Waals surface area contributed by atoms with Gasteiger partial charge >= 0.3 is 6.29 Å². The first-order chi connectivity index (χ1) is 15.1. The lowest BCUT2D eigenvalue weighted by Gasteiger charge is -2.18. The lowest BCUT2D eigenvalue weighted by atomic mass is 10.1. The molecule has 1 aliphatic rings. The molecule has 0 aliphatic carbocycles. The Kier molecular flexibility index (Phi) is 5.29. The number of halogens is 5. The zero-order valence-electron chi connectivity index (χ0n) is 16.1. The zero-order valence-corrected chi connectivity index (χ0v) is 16.8. The van der Waals surface area contributed by atoms with Gasteiger partial charge in [0.25, 0.3) is 12.3 Å². The van der Waals surface area contributed by atoms with E-state index in [1.807, 2.05) is 0 Å². The van der Waals surface area contributed by atoms with E-state index < -0.39 is 29.9 Å². The van der Waals surface area contributed by atoms with Crippen LogP contribution in [0.3, 0.4) is 0 Å². The van der Waals surface area contributed by atoms with Gasteiger partial charge in [0.2, 0.25) is 0 Å². The van der Waals surface area contributed by atoms with Crippen LogP contribution in [-0.2, 0) is 0 Å². The van der Waals surface area contributed by atoms with Crippen LogP contribution in [0.1, 0.15) is 32.8 Å². The van der Waals surface area contributed by atoms with E-state index in [2.05, 4.69) is 14.6 Å². The number of hydrogen-bond acceptors (Lipinski definition) is 5. The number of hydrogen-bond donors (Lipinski definition) is 0. The summed E-state index contributed by atoms with van der Waals surface area (Å²) in [5.74, 6) is -0.952. The fraction of sp³-hybridized carbons (Fsp3) is 0.150. The molecule has 12 heteroatoms. The predicted molar refractivity (Wildman–Crippen MR) is 104 cm³/mol. The van der Waals surface area contributed by atoms with Crippen molar-refractivity contribution < 1.29 is 36.6 Å². The molecule has 4 rings (SSSR count). The second-order valence-electron chi connectivity index (χ2n) is 6.63. The number of aldehydes is 1. The smallest absolute Gasteiger partial charge is 0.395 e. The second-order valence-corrected chi connectivity index (χ2v) is 6.99. The van der Waals surface area contributed by atoms with Crippen LogP contribution in [-0.4, -0.2) is 35.3 Å². The monoisotopic (exact) mass is 469 g/mol. The third-order valence-electron chi connectivity index (χ3n) is 4.63. The van der Waals surface area contributed by atoms with Crippen molar-refractivity contribution in [1.82, 2.24) is 9.78 Å². The summed E-state index contributed by atoms with van der Waals surface area (Å²) in [5, 5.41) is 3.36. The normalized spacial score (nSPS) is 14.0.